The summed E-state index contributed by atoms with van der Waals surface area (Å²) in [6.45, 7) is 1.50. The van der Waals surface area contributed by atoms with Gasteiger partial charge < -0.3 is 15.2 Å². The Morgan fingerprint density at radius 1 is 1.22 bits per heavy atom. The third kappa shape index (κ3) is 11.8. The van der Waals surface area contributed by atoms with Crippen LogP contribution in [0.5, 0.6) is 0 Å². The molecule has 0 spiro atoms. The van der Waals surface area contributed by atoms with Gasteiger partial charge in [-0.3, -0.25) is 19.8 Å². The molecule has 1 aliphatic carbocycles. The van der Waals surface area contributed by atoms with Crippen molar-refractivity contribution in [2.75, 3.05) is 20.3 Å². The van der Waals surface area contributed by atoms with Crippen molar-refractivity contribution < 1.29 is 19.1 Å². The number of carbonyl (C=O) groups excluding carboxylic acids is 2. The molecule has 0 radical (unpaired) electrons. The topological polar surface area (TPSA) is 105 Å². The van der Waals surface area contributed by atoms with Crippen molar-refractivity contribution in [3.05, 3.63) is 83.6 Å². The van der Waals surface area contributed by atoms with E-state index in [0.29, 0.717) is 24.1 Å². The van der Waals surface area contributed by atoms with Gasteiger partial charge in [0.05, 0.1) is 23.6 Å². The molecule has 1 unspecified atom stereocenters. The summed E-state index contributed by atoms with van der Waals surface area (Å²) in [5.74, 6) is -0.154. The van der Waals surface area contributed by atoms with Crippen molar-refractivity contribution in [1.82, 2.24) is 15.3 Å². The number of aldehydes is 1. The summed E-state index contributed by atoms with van der Waals surface area (Å²) in [6.07, 6.45) is 19.9. The minimum atomic E-state index is -0.654. The molecule has 0 saturated carbocycles. The molecule has 36 heavy (non-hydrogen) atoms. The number of halogens is 1. The first-order valence-electron chi connectivity index (χ1n) is 12.1. The summed E-state index contributed by atoms with van der Waals surface area (Å²) in [5, 5.41) is 9.82. The lowest BCUT2D eigenvalue weighted by Crippen LogP contribution is -2.25. The maximum atomic E-state index is 12.7. The van der Waals surface area contributed by atoms with Gasteiger partial charge in [0.2, 0.25) is 0 Å². The average molecular weight is 497 g/mol. The Labute approximate surface area is 213 Å². The van der Waals surface area contributed by atoms with Gasteiger partial charge in [0, 0.05) is 43.6 Å². The normalized spacial score (nSPS) is 14.6. The summed E-state index contributed by atoms with van der Waals surface area (Å²) >= 11 is 0. The molecule has 1 atom stereocenters. The van der Waals surface area contributed by atoms with Crippen LogP contribution in [0, 0.1) is 0 Å². The van der Waals surface area contributed by atoms with Gasteiger partial charge in [-0.15, -0.1) is 0 Å². The van der Waals surface area contributed by atoms with Crippen molar-refractivity contribution in [3.63, 3.8) is 0 Å². The molecule has 7 nitrogen and oxygen atoms in total. The highest BCUT2D eigenvalue weighted by Crippen LogP contribution is 2.25. The van der Waals surface area contributed by atoms with Crippen LogP contribution in [0.4, 0.5) is 4.39 Å². The Morgan fingerprint density at radius 3 is 2.75 bits per heavy atom. The van der Waals surface area contributed by atoms with E-state index in [2.05, 4.69) is 27.4 Å². The maximum absolute atomic E-state index is 12.7. The predicted molar refractivity (Wildman–Crippen MR) is 142 cm³/mol. The van der Waals surface area contributed by atoms with Crippen molar-refractivity contribution in [1.29, 1.82) is 0 Å². The zero-order valence-electron chi connectivity index (χ0n) is 21.1. The molecular formula is C28H37FN4O3. The van der Waals surface area contributed by atoms with Gasteiger partial charge in [-0.2, -0.15) is 0 Å². The van der Waals surface area contributed by atoms with Crippen LogP contribution in [-0.2, 0) is 11.2 Å². The number of nitrogens with one attached hydrogen (secondary N) is 1. The highest BCUT2D eigenvalue weighted by Gasteiger charge is 2.14. The number of amides is 1. The van der Waals surface area contributed by atoms with Crippen LogP contribution in [-0.4, -0.2) is 53.8 Å². The number of carbonyl (C=O) groups is 2. The molecule has 1 aliphatic rings. The van der Waals surface area contributed by atoms with E-state index in [1.54, 1.807) is 30.6 Å². The Morgan fingerprint density at radius 2 is 2.06 bits per heavy atom. The number of aliphatic hydroxyl groups is 1. The lowest BCUT2D eigenvalue weighted by Gasteiger charge is -2.14. The fourth-order valence-corrected chi connectivity index (χ4v) is 3.46. The summed E-state index contributed by atoms with van der Waals surface area (Å²) in [4.78, 5) is 36.8. The molecule has 0 aliphatic heterocycles. The first-order chi connectivity index (χ1) is 17.7. The largest absolute Gasteiger partial charge is 0.400 e. The standard InChI is InChI=1S/C27H33FN4O2.CH4O/c1-2-10-24(29-19-16-28)21-32-27(34)23-13-9-17-31-26(22-11-5-3-6-12-22)25(30-18-15-23)14-7-4-8-20-33;1-2/h3,5-6,9-11,13,15,17-20,22H,2,4,7-8,12,14,16,21H2,1H3,(H,32,34);2H,1H3/b13-9?,17-9?,18-15?,23-13?,23-15?,24-10-,26-25?,29-19?,30-18?,30-25?,31-17?,31-26?;. The molecule has 2 rings (SSSR count). The number of hydrogen-bond acceptors (Lipinski definition) is 6. The number of aliphatic hydroxyl groups excluding tert-OH is 1. The van der Waals surface area contributed by atoms with Gasteiger partial charge in [0.15, 0.2) is 0 Å². The van der Waals surface area contributed by atoms with Crippen molar-refractivity contribution in [2.45, 2.75) is 51.4 Å². The number of aliphatic imine (C=N–C) groups is 1. The number of rotatable bonds is 12. The number of unbranched alkanes of at least 4 members (excludes halogenated alkanes) is 2. The Hall–Kier alpha value is -3.52. The van der Waals surface area contributed by atoms with E-state index < -0.39 is 6.67 Å². The molecule has 0 fully saturated rings. The monoisotopic (exact) mass is 496 g/mol. The van der Waals surface area contributed by atoms with E-state index in [0.717, 1.165) is 50.5 Å². The fourth-order valence-electron chi connectivity index (χ4n) is 3.46. The molecule has 2 N–H and O–H groups in total. The van der Waals surface area contributed by atoms with Gasteiger partial charge in [0.25, 0.3) is 5.91 Å². The van der Waals surface area contributed by atoms with E-state index in [9.17, 15) is 14.0 Å². The van der Waals surface area contributed by atoms with Crippen LogP contribution >= 0.6 is 0 Å². The quantitative estimate of drug-likeness (QED) is 0.246. The van der Waals surface area contributed by atoms with E-state index in [1.165, 1.54) is 6.21 Å². The average Bonchev–Trinajstić information content (AvgIpc) is 2.92. The van der Waals surface area contributed by atoms with Crippen LogP contribution in [0.1, 0.15) is 66.7 Å². The lowest BCUT2D eigenvalue weighted by atomic mass is 9.94. The molecule has 1 heterocycles. The molecular weight excluding hydrogens is 459 g/mol. The van der Waals surface area contributed by atoms with Crippen LogP contribution in [0.3, 0.4) is 0 Å². The van der Waals surface area contributed by atoms with Gasteiger partial charge in [0.1, 0.15) is 13.0 Å². The van der Waals surface area contributed by atoms with Crippen LogP contribution in [0.2, 0.25) is 0 Å². The number of alkyl halides is 1. The minimum absolute atomic E-state index is 0.132. The molecule has 0 aromatic carbocycles. The zero-order valence-corrected chi connectivity index (χ0v) is 21.1. The van der Waals surface area contributed by atoms with Gasteiger partial charge in [-0.25, -0.2) is 4.39 Å². The molecule has 1 aromatic heterocycles. The number of hydrogen-bond donors (Lipinski definition) is 2. The lowest BCUT2D eigenvalue weighted by molar-refractivity contribution is -0.107. The van der Waals surface area contributed by atoms with Crippen LogP contribution in [0.15, 0.2) is 71.7 Å². The summed E-state index contributed by atoms with van der Waals surface area (Å²) < 4.78 is 12.4. The van der Waals surface area contributed by atoms with Gasteiger partial charge >= 0.3 is 0 Å². The summed E-state index contributed by atoms with van der Waals surface area (Å²) in [7, 11) is 1.00. The van der Waals surface area contributed by atoms with E-state index >= 15 is 0 Å². The minimum Gasteiger partial charge on any atom is -0.400 e. The zero-order chi connectivity index (χ0) is 26.4. The highest BCUT2D eigenvalue weighted by molar-refractivity contribution is 5.94. The van der Waals surface area contributed by atoms with Gasteiger partial charge in [-0.1, -0.05) is 37.3 Å². The second-order valence-corrected chi connectivity index (χ2v) is 7.69. The second-order valence-electron chi connectivity index (χ2n) is 7.69. The van der Waals surface area contributed by atoms with Crippen molar-refractivity contribution in [3.8, 4) is 0 Å². The summed E-state index contributed by atoms with van der Waals surface area (Å²) in [5.41, 5.74) is 2.78. The Kier molecular flexibility index (Phi) is 16.7. The number of allylic oxidation sites excluding steroid dienone is 5. The molecule has 194 valence electrons. The van der Waals surface area contributed by atoms with Crippen LogP contribution < -0.4 is 5.32 Å². The second kappa shape index (κ2) is 19.8. The van der Waals surface area contributed by atoms with Crippen molar-refractivity contribution >= 4 is 18.4 Å². The highest BCUT2D eigenvalue weighted by atomic mass is 19.1. The number of aryl methyl sites for hydroxylation is 1. The van der Waals surface area contributed by atoms with E-state index in [1.807, 2.05) is 25.2 Å². The first kappa shape index (κ1) is 30.5. The van der Waals surface area contributed by atoms with E-state index in [-0.39, 0.29) is 18.4 Å². The molecule has 8 heteroatoms. The number of aromatic nitrogens is 2. The fraction of sp³-hybridized carbons (Fsp3) is 0.393. The molecule has 1 amide bonds. The van der Waals surface area contributed by atoms with Crippen molar-refractivity contribution in [2.24, 2.45) is 4.99 Å². The predicted octanol–water partition coefficient (Wildman–Crippen LogP) is 4.78. The Bertz CT molecular complexity index is 988. The third-order valence-corrected chi connectivity index (χ3v) is 5.13. The first-order valence-corrected chi connectivity index (χ1v) is 12.1. The van der Waals surface area contributed by atoms with Crippen LogP contribution in [0.25, 0.3) is 0 Å². The molecule has 0 bridgehead atoms. The smallest absolute Gasteiger partial charge is 0.251 e. The SMILES string of the molecule is CC/C=C(/CNC(=O)c1cccnc(C2C=CC=CC2)c(CCCCC=O)ncc1)N=CCF.CO. The van der Waals surface area contributed by atoms with Gasteiger partial charge in [-0.05, 0) is 50.3 Å². The Balaban J connectivity index is 0.00000316. The van der Waals surface area contributed by atoms with E-state index in [4.69, 9.17) is 10.1 Å². The molecule has 1 aromatic rings. The third-order valence-electron chi connectivity index (χ3n) is 5.13. The maximum Gasteiger partial charge on any atom is 0.251 e. The molecule has 0 saturated heterocycles. The number of nitrogens with zero attached hydrogens (tertiary/aromatic N) is 3. The summed E-state index contributed by atoms with van der Waals surface area (Å²) in [6, 6.07) is 5.09.